The van der Waals surface area contributed by atoms with Crippen molar-refractivity contribution in [2.24, 2.45) is 7.05 Å². The predicted octanol–water partition coefficient (Wildman–Crippen LogP) is 4.00. The lowest BCUT2D eigenvalue weighted by Crippen LogP contribution is -2.36. The molecule has 0 atom stereocenters. The van der Waals surface area contributed by atoms with Crippen LogP contribution in [0, 0.1) is 0 Å². The molecule has 0 unspecified atom stereocenters. The molecule has 0 radical (unpaired) electrons. The Morgan fingerprint density at radius 2 is 1.72 bits per heavy atom. The van der Waals surface area contributed by atoms with Gasteiger partial charge in [0, 0.05) is 35.9 Å². The van der Waals surface area contributed by atoms with Gasteiger partial charge in [-0.25, -0.2) is 4.79 Å². The zero-order valence-electron chi connectivity index (χ0n) is 16.3. The number of rotatable bonds is 2. The number of hydrogen-bond acceptors (Lipinski definition) is 3. The van der Waals surface area contributed by atoms with Crippen molar-refractivity contribution in [3.63, 3.8) is 0 Å². The van der Waals surface area contributed by atoms with Crippen molar-refractivity contribution in [2.75, 3.05) is 18.8 Å². The SMILES string of the molecule is Cn1c(=O)[nH]c2ccc(N)cc21.O=C(Cc1cc(Cl)cc(Cl)c1)N1CCCCC1. The number of anilines is 1. The van der Waals surface area contributed by atoms with Gasteiger partial charge in [-0.2, -0.15) is 0 Å². The Morgan fingerprint density at radius 3 is 2.38 bits per heavy atom. The number of likely N-dealkylation sites (tertiary alicyclic amines) is 1. The van der Waals surface area contributed by atoms with Gasteiger partial charge in [0.15, 0.2) is 0 Å². The second-order valence-electron chi connectivity index (χ2n) is 7.16. The number of nitrogens with one attached hydrogen (secondary N) is 1. The molecule has 0 aliphatic carbocycles. The Labute approximate surface area is 179 Å². The van der Waals surface area contributed by atoms with E-state index >= 15 is 0 Å². The Morgan fingerprint density at radius 1 is 1.07 bits per heavy atom. The molecule has 0 bridgehead atoms. The van der Waals surface area contributed by atoms with Crippen molar-refractivity contribution in [2.45, 2.75) is 25.7 Å². The number of piperidine rings is 1. The smallest absolute Gasteiger partial charge is 0.326 e. The second kappa shape index (κ2) is 9.37. The lowest BCUT2D eigenvalue weighted by Gasteiger charge is -2.26. The monoisotopic (exact) mass is 434 g/mol. The van der Waals surface area contributed by atoms with Crippen LogP contribution in [0.1, 0.15) is 24.8 Å². The lowest BCUT2D eigenvalue weighted by atomic mass is 10.1. The standard InChI is InChI=1S/C13H15Cl2NO.C8H9N3O/c14-11-6-10(7-12(15)9-11)8-13(17)16-4-2-1-3-5-16;1-11-7-4-5(9)2-3-6(7)10-8(11)12/h6-7,9H,1-5,8H2;2-4H,9H2,1H3,(H,10,12). The number of amides is 1. The first kappa shape index (κ1) is 21.3. The van der Waals surface area contributed by atoms with Gasteiger partial charge < -0.3 is 15.6 Å². The van der Waals surface area contributed by atoms with Crippen molar-refractivity contribution in [1.29, 1.82) is 0 Å². The molecular formula is C21H24Cl2N4O2. The van der Waals surface area contributed by atoms with Crippen LogP contribution in [-0.4, -0.2) is 33.4 Å². The third-order valence-corrected chi connectivity index (χ3v) is 5.35. The highest BCUT2D eigenvalue weighted by atomic mass is 35.5. The highest BCUT2D eigenvalue weighted by molar-refractivity contribution is 6.34. The highest BCUT2D eigenvalue weighted by Crippen LogP contribution is 2.20. The fourth-order valence-electron chi connectivity index (χ4n) is 3.38. The van der Waals surface area contributed by atoms with E-state index < -0.39 is 0 Å². The number of hydrogen-bond donors (Lipinski definition) is 2. The Kier molecular flexibility index (Phi) is 6.87. The molecule has 6 nitrogen and oxygen atoms in total. The summed E-state index contributed by atoms with van der Waals surface area (Å²) in [6.45, 7) is 1.76. The van der Waals surface area contributed by atoms with Crippen LogP contribution in [0.2, 0.25) is 10.0 Å². The first-order chi connectivity index (χ1) is 13.8. The summed E-state index contributed by atoms with van der Waals surface area (Å²) in [5.41, 5.74) is 8.66. The number of aryl methyl sites for hydroxylation is 1. The van der Waals surface area contributed by atoms with Gasteiger partial charge in [-0.05, 0) is 61.2 Å². The summed E-state index contributed by atoms with van der Waals surface area (Å²) in [7, 11) is 1.71. The van der Waals surface area contributed by atoms with E-state index in [1.54, 1.807) is 43.4 Å². The molecule has 2 aromatic carbocycles. The number of halogens is 2. The zero-order valence-corrected chi connectivity index (χ0v) is 17.8. The van der Waals surface area contributed by atoms with Crippen LogP contribution in [0.3, 0.4) is 0 Å². The molecular weight excluding hydrogens is 411 g/mol. The van der Waals surface area contributed by atoms with Crippen molar-refractivity contribution in [3.05, 3.63) is 62.5 Å². The van der Waals surface area contributed by atoms with Gasteiger partial charge in [0.1, 0.15) is 0 Å². The maximum atomic E-state index is 12.0. The zero-order chi connectivity index (χ0) is 21.0. The summed E-state index contributed by atoms with van der Waals surface area (Å²) in [5.74, 6) is 0.169. The molecule has 1 aliphatic heterocycles. The van der Waals surface area contributed by atoms with Crippen molar-refractivity contribution >= 4 is 45.8 Å². The average molecular weight is 435 g/mol. The molecule has 1 fully saturated rings. The summed E-state index contributed by atoms with van der Waals surface area (Å²) in [6.07, 6.45) is 3.84. The van der Waals surface area contributed by atoms with Gasteiger partial charge in [0.25, 0.3) is 0 Å². The maximum Gasteiger partial charge on any atom is 0.326 e. The maximum absolute atomic E-state index is 12.0. The number of nitrogens with two attached hydrogens (primary N) is 1. The van der Waals surface area contributed by atoms with Gasteiger partial charge >= 0.3 is 5.69 Å². The number of carbonyl (C=O) groups excluding carboxylic acids is 1. The third-order valence-electron chi connectivity index (χ3n) is 4.92. The van der Waals surface area contributed by atoms with Gasteiger partial charge in [-0.3, -0.25) is 9.36 Å². The van der Waals surface area contributed by atoms with Crippen LogP contribution in [-0.2, 0) is 18.3 Å². The van der Waals surface area contributed by atoms with E-state index in [2.05, 4.69) is 4.98 Å². The molecule has 1 aromatic heterocycles. The van der Waals surface area contributed by atoms with E-state index in [0.29, 0.717) is 22.2 Å². The summed E-state index contributed by atoms with van der Waals surface area (Å²) in [5, 5.41) is 1.16. The molecule has 1 aliphatic rings. The number of nitrogen functional groups attached to an aromatic ring is 1. The van der Waals surface area contributed by atoms with E-state index in [1.807, 2.05) is 4.90 Å². The number of aromatic nitrogens is 2. The molecule has 3 aromatic rings. The number of benzene rings is 2. The molecule has 1 amide bonds. The first-order valence-corrected chi connectivity index (χ1v) is 10.3. The lowest BCUT2D eigenvalue weighted by molar-refractivity contribution is -0.131. The topological polar surface area (TPSA) is 84.1 Å². The number of nitrogens with zero attached hydrogens (tertiary/aromatic N) is 2. The average Bonchev–Trinajstić information content (AvgIpc) is 2.96. The molecule has 0 saturated carbocycles. The normalized spacial score (nSPS) is 13.8. The van der Waals surface area contributed by atoms with Crippen LogP contribution in [0.5, 0.6) is 0 Å². The minimum absolute atomic E-state index is 0.115. The van der Waals surface area contributed by atoms with Crippen LogP contribution in [0.15, 0.2) is 41.2 Å². The third kappa shape index (κ3) is 5.55. The molecule has 4 rings (SSSR count). The van der Waals surface area contributed by atoms with Crippen LogP contribution < -0.4 is 11.4 Å². The number of carbonyl (C=O) groups is 1. The summed E-state index contributed by atoms with van der Waals surface area (Å²) in [6, 6.07) is 10.6. The van der Waals surface area contributed by atoms with E-state index in [0.717, 1.165) is 42.5 Å². The molecule has 3 N–H and O–H groups in total. The van der Waals surface area contributed by atoms with Gasteiger partial charge in [0.2, 0.25) is 5.91 Å². The van der Waals surface area contributed by atoms with Gasteiger partial charge in [-0.1, -0.05) is 23.2 Å². The predicted molar refractivity (Wildman–Crippen MR) is 119 cm³/mol. The van der Waals surface area contributed by atoms with E-state index in [9.17, 15) is 9.59 Å². The number of imidazole rings is 1. The summed E-state index contributed by atoms with van der Waals surface area (Å²) < 4.78 is 1.53. The van der Waals surface area contributed by atoms with Gasteiger partial charge in [-0.15, -0.1) is 0 Å². The summed E-state index contributed by atoms with van der Waals surface area (Å²) >= 11 is 11.8. The Balaban J connectivity index is 0.000000176. The molecule has 1 saturated heterocycles. The molecule has 8 heteroatoms. The van der Waals surface area contributed by atoms with Crippen molar-refractivity contribution < 1.29 is 4.79 Å². The molecule has 0 spiro atoms. The molecule has 29 heavy (non-hydrogen) atoms. The number of H-pyrrole nitrogens is 1. The van der Waals surface area contributed by atoms with E-state index in [4.69, 9.17) is 28.9 Å². The second-order valence-corrected chi connectivity index (χ2v) is 8.03. The van der Waals surface area contributed by atoms with E-state index in [-0.39, 0.29) is 11.6 Å². The summed E-state index contributed by atoms with van der Waals surface area (Å²) in [4.78, 5) is 27.8. The quantitative estimate of drug-likeness (QED) is 0.597. The van der Waals surface area contributed by atoms with Crippen LogP contribution in [0.4, 0.5) is 5.69 Å². The molecule has 2 heterocycles. The molecule has 154 valence electrons. The minimum Gasteiger partial charge on any atom is -0.399 e. The van der Waals surface area contributed by atoms with Gasteiger partial charge in [0.05, 0.1) is 17.5 Å². The minimum atomic E-state index is -0.115. The fraction of sp³-hybridized carbons (Fsp3) is 0.333. The van der Waals surface area contributed by atoms with Crippen molar-refractivity contribution in [3.8, 4) is 0 Å². The van der Waals surface area contributed by atoms with E-state index in [1.165, 1.54) is 11.0 Å². The highest BCUT2D eigenvalue weighted by Gasteiger charge is 2.16. The largest absolute Gasteiger partial charge is 0.399 e. The number of aromatic amines is 1. The first-order valence-electron chi connectivity index (χ1n) is 9.50. The Bertz CT molecular complexity index is 1050. The van der Waals surface area contributed by atoms with Crippen LogP contribution >= 0.6 is 23.2 Å². The van der Waals surface area contributed by atoms with Crippen LogP contribution in [0.25, 0.3) is 11.0 Å². The fourth-order valence-corrected chi connectivity index (χ4v) is 3.95. The Hall–Kier alpha value is -2.44. The number of fused-ring (bicyclic) bond motifs is 1. The van der Waals surface area contributed by atoms with Crippen molar-refractivity contribution in [1.82, 2.24) is 14.5 Å².